The van der Waals surface area contributed by atoms with Crippen molar-refractivity contribution in [3.63, 3.8) is 0 Å². The van der Waals surface area contributed by atoms with E-state index in [2.05, 4.69) is 73.6 Å². The van der Waals surface area contributed by atoms with Crippen LogP contribution in [0.2, 0.25) is 0 Å². The van der Waals surface area contributed by atoms with Gasteiger partial charge in [0.25, 0.3) is 0 Å². The van der Waals surface area contributed by atoms with E-state index in [1.165, 1.54) is 40.6 Å². The average Bonchev–Trinajstić information content (AvgIpc) is 3.17. The van der Waals surface area contributed by atoms with Gasteiger partial charge in [0.15, 0.2) is 0 Å². The van der Waals surface area contributed by atoms with Crippen molar-refractivity contribution in [2.45, 2.75) is 46.0 Å². The molecule has 4 aromatic rings. The third-order valence-corrected chi connectivity index (χ3v) is 5.51. The molecular formula is C25H27N3. The molecule has 4 rings (SSSR count). The lowest BCUT2D eigenvalue weighted by Crippen LogP contribution is -2.06. The molecule has 2 heterocycles. The van der Waals surface area contributed by atoms with E-state index >= 15 is 0 Å². The third-order valence-electron chi connectivity index (χ3n) is 5.51. The first kappa shape index (κ1) is 18.4. The largest absolute Gasteiger partial charge is 0.256 e. The highest BCUT2D eigenvalue weighted by Crippen LogP contribution is 2.33. The monoisotopic (exact) mass is 369 g/mol. The number of pyridine rings is 1. The summed E-state index contributed by atoms with van der Waals surface area (Å²) in [6.45, 7) is 6.58. The van der Waals surface area contributed by atoms with Crippen molar-refractivity contribution in [3.05, 3.63) is 78.2 Å². The predicted molar refractivity (Wildman–Crippen MR) is 117 cm³/mol. The second-order valence-electron chi connectivity index (χ2n) is 7.48. The molecule has 0 bridgehead atoms. The fourth-order valence-corrected chi connectivity index (χ4v) is 3.99. The van der Waals surface area contributed by atoms with Gasteiger partial charge in [-0.05, 0) is 66.6 Å². The van der Waals surface area contributed by atoms with Crippen molar-refractivity contribution in [3.8, 4) is 16.8 Å². The molecule has 1 atom stereocenters. The third kappa shape index (κ3) is 3.57. The van der Waals surface area contributed by atoms with E-state index in [0.717, 1.165) is 17.6 Å². The molecule has 3 nitrogen and oxygen atoms in total. The van der Waals surface area contributed by atoms with Crippen LogP contribution in [0.25, 0.3) is 27.7 Å². The average molecular weight is 370 g/mol. The highest BCUT2D eigenvalue weighted by Gasteiger charge is 2.16. The maximum Gasteiger partial charge on any atom is 0.0708 e. The van der Waals surface area contributed by atoms with Gasteiger partial charge in [-0.3, -0.25) is 4.98 Å². The highest BCUT2D eigenvalue weighted by molar-refractivity contribution is 5.84. The fraction of sp³-hybridized carbons (Fsp3) is 0.280. The molecule has 0 fully saturated rings. The molecule has 0 saturated carbocycles. The molecule has 1 unspecified atom stereocenters. The van der Waals surface area contributed by atoms with Crippen LogP contribution in [0.1, 0.15) is 50.3 Å². The van der Waals surface area contributed by atoms with E-state index < -0.39 is 0 Å². The van der Waals surface area contributed by atoms with Gasteiger partial charge in [0.1, 0.15) is 0 Å². The molecule has 0 aliphatic heterocycles. The first-order chi connectivity index (χ1) is 13.7. The maximum atomic E-state index is 4.71. The minimum absolute atomic E-state index is 0.553. The number of aromatic nitrogens is 3. The van der Waals surface area contributed by atoms with Crippen molar-refractivity contribution in [1.29, 1.82) is 0 Å². The number of fused-ring (bicyclic) bond motifs is 1. The second-order valence-corrected chi connectivity index (χ2v) is 7.48. The van der Waals surface area contributed by atoms with Gasteiger partial charge in [-0.15, -0.1) is 0 Å². The number of aryl methyl sites for hydroxylation is 1. The first-order valence-corrected chi connectivity index (χ1v) is 10.2. The van der Waals surface area contributed by atoms with Crippen molar-refractivity contribution in [1.82, 2.24) is 14.8 Å². The van der Waals surface area contributed by atoms with E-state index in [1.54, 1.807) is 0 Å². The zero-order chi connectivity index (χ0) is 19.5. The van der Waals surface area contributed by atoms with Crippen LogP contribution in [0.4, 0.5) is 0 Å². The van der Waals surface area contributed by atoms with E-state index in [-0.39, 0.29) is 0 Å². The van der Waals surface area contributed by atoms with Crippen molar-refractivity contribution >= 4 is 10.9 Å². The summed E-state index contributed by atoms with van der Waals surface area (Å²) in [7, 11) is 0. The fourth-order valence-electron chi connectivity index (χ4n) is 3.99. The van der Waals surface area contributed by atoms with E-state index in [0.29, 0.717) is 5.92 Å². The van der Waals surface area contributed by atoms with Gasteiger partial charge in [0.2, 0.25) is 0 Å². The number of nitrogens with zero attached hydrogens (tertiary/aromatic N) is 3. The molecule has 0 aliphatic rings. The molecular weight excluding hydrogens is 342 g/mol. The highest BCUT2D eigenvalue weighted by atomic mass is 15.3. The second kappa shape index (κ2) is 7.97. The van der Waals surface area contributed by atoms with Gasteiger partial charge in [0.05, 0.1) is 16.9 Å². The van der Waals surface area contributed by atoms with Crippen LogP contribution in [0.5, 0.6) is 0 Å². The zero-order valence-corrected chi connectivity index (χ0v) is 16.9. The molecule has 0 amide bonds. The summed E-state index contributed by atoms with van der Waals surface area (Å²) in [4.78, 5) is 4.52. The molecule has 2 aromatic carbocycles. The summed E-state index contributed by atoms with van der Waals surface area (Å²) in [6.07, 6.45) is 7.44. The van der Waals surface area contributed by atoms with Gasteiger partial charge < -0.3 is 0 Å². The molecule has 0 radical (unpaired) electrons. The van der Waals surface area contributed by atoms with Crippen LogP contribution in [0.15, 0.2) is 67.0 Å². The van der Waals surface area contributed by atoms with Crippen molar-refractivity contribution in [2.24, 2.45) is 0 Å². The number of rotatable bonds is 6. The minimum Gasteiger partial charge on any atom is -0.256 e. The van der Waals surface area contributed by atoms with E-state index in [1.807, 2.05) is 23.9 Å². The smallest absolute Gasteiger partial charge is 0.0708 e. The standard InChI is InChI=1S/C25H27N3/c1-4-7-19(5-2)23-12-11-22(17-25(23)28-15-13-18(3)27-28)21-10-9-20-8-6-14-26-24(20)16-21/h6,8-17,19H,4-5,7H2,1-3H3. The van der Waals surface area contributed by atoms with Gasteiger partial charge in [-0.25, -0.2) is 4.68 Å². The van der Waals surface area contributed by atoms with Crippen LogP contribution in [-0.2, 0) is 0 Å². The SMILES string of the molecule is CCCC(CC)c1ccc(-c2ccc3cccnc3c2)cc1-n1ccc(C)n1. The lowest BCUT2D eigenvalue weighted by molar-refractivity contribution is 0.591. The Bertz CT molecular complexity index is 1090. The summed E-state index contributed by atoms with van der Waals surface area (Å²) < 4.78 is 2.03. The Kier molecular flexibility index (Phi) is 5.25. The minimum atomic E-state index is 0.553. The maximum absolute atomic E-state index is 4.71. The van der Waals surface area contributed by atoms with Gasteiger partial charge >= 0.3 is 0 Å². The Morgan fingerprint density at radius 1 is 0.964 bits per heavy atom. The molecule has 3 heteroatoms. The summed E-state index contributed by atoms with van der Waals surface area (Å²) in [6, 6.07) is 19.5. The normalized spacial score (nSPS) is 12.4. The topological polar surface area (TPSA) is 30.7 Å². The summed E-state index contributed by atoms with van der Waals surface area (Å²) >= 11 is 0. The Morgan fingerprint density at radius 3 is 2.54 bits per heavy atom. The van der Waals surface area contributed by atoms with Gasteiger partial charge in [-0.1, -0.05) is 50.6 Å². The number of hydrogen-bond donors (Lipinski definition) is 0. The lowest BCUT2D eigenvalue weighted by Gasteiger charge is -2.20. The van der Waals surface area contributed by atoms with E-state index in [9.17, 15) is 0 Å². The summed E-state index contributed by atoms with van der Waals surface area (Å²) in [5.41, 5.74) is 7.02. The van der Waals surface area contributed by atoms with Crippen molar-refractivity contribution in [2.75, 3.05) is 0 Å². The molecule has 0 saturated heterocycles. The Labute approximate surface area is 167 Å². The number of hydrogen-bond acceptors (Lipinski definition) is 2. The number of benzene rings is 2. The van der Waals surface area contributed by atoms with Gasteiger partial charge in [0, 0.05) is 17.8 Å². The molecule has 142 valence electrons. The first-order valence-electron chi connectivity index (χ1n) is 10.2. The zero-order valence-electron chi connectivity index (χ0n) is 16.9. The molecule has 0 spiro atoms. The predicted octanol–water partition coefficient (Wildman–Crippen LogP) is 6.69. The Hall–Kier alpha value is -2.94. The van der Waals surface area contributed by atoms with Crippen LogP contribution < -0.4 is 0 Å². The summed E-state index contributed by atoms with van der Waals surface area (Å²) in [5, 5.41) is 5.87. The molecule has 0 N–H and O–H groups in total. The van der Waals surface area contributed by atoms with Crippen LogP contribution >= 0.6 is 0 Å². The summed E-state index contributed by atoms with van der Waals surface area (Å²) in [5.74, 6) is 0.553. The van der Waals surface area contributed by atoms with Gasteiger partial charge in [-0.2, -0.15) is 5.10 Å². The molecule has 2 aromatic heterocycles. The van der Waals surface area contributed by atoms with Crippen molar-refractivity contribution < 1.29 is 0 Å². The molecule has 0 aliphatic carbocycles. The van der Waals surface area contributed by atoms with Crippen LogP contribution in [0, 0.1) is 6.92 Å². The molecule has 28 heavy (non-hydrogen) atoms. The Morgan fingerprint density at radius 2 is 1.79 bits per heavy atom. The lowest BCUT2D eigenvalue weighted by atomic mass is 9.89. The van der Waals surface area contributed by atoms with E-state index in [4.69, 9.17) is 5.10 Å². The quantitative estimate of drug-likeness (QED) is 0.379. The van der Waals surface area contributed by atoms with Crippen LogP contribution in [0.3, 0.4) is 0 Å². The van der Waals surface area contributed by atoms with Crippen LogP contribution in [-0.4, -0.2) is 14.8 Å². The Balaban J connectivity index is 1.84.